The first-order valence-corrected chi connectivity index (χ1v) is 9.15. The average Bonchev–Trinajstić information content (AvgIpc) is 2.98. The van der Waals surface area contributed by atoms with Gasteiger partial charge in [-0.25, -0.2) is 9.07 Å². The Morgan fingerprint density at radius 3 is 2.12 bits per heavy atom. The van der Waals surface area contributed by atoms with E-state index in [0.29, 0.717) is 22.5 Å². The van der Waals surface area contributed by atoms with E-state index >= 15 is 0 Å². The van der Waals surface area contributed by atoms with Crippen LogP contribution in [0.3, 0.4) is 0 Å². The minimum Gasteiger partial charge on any atom is -0.470 e. The highest BCUT2D eigenvalue weighted by Gasteiger charge is 2.73. The molecule has 2 rings (SSSR count). The fraction of sp³-hybridized carbons (Fsp3) is 0.438. The van der Waals surface area contributed by atoms with Crippen LogP contribution in [0.5, 0.6) is 5.88 Å². The monoisotopic (exact) mass is 503 g/mol. The van der Waals surface area contributed by atoms with Crippen LogP contribution >= 0.6 is 11.8 Å². The largest absolute Gasteiger partial charge is 0.470 e. The summed E-state index contributed by atoms with van der Waals surface area (Å²) in [5, 5.41) is 3.41. The fourth-order valence-corrected chi connectivity index (χ4v) is 3.02. The lowest BCUT2D eigenvalue weighted by atomic mass is 10.2. The predicted octanol–water partition coefficient (Wildman–Crippen LogP) is 5.77. The molecule has 32 heavy (non-hydrogen) atoms. The quantitative estimate of drug-likeness (QED) is 0.385. The molecule has 0 aliphatic heterocycles. The second kappa shape index (κ2) is 8.51. The Bertz CT molecular complexity index is 969. The van der Waals surface area contributed by atoms with Crippen molar-refractivity contribution in [3.63, 3.8) is 0 Å². The van der Waals surface area contributed by atoms with Crippen LogP contribution in [0.4, 0.5) is 54.1 Å². The van der Waals surface area contributed by atoms with Gasteiger partial charge in [0, 0.05) is 11.0 Å². The van der Waals surface area contributed by atoms with E-state index < -0.39 is 59.8 Å². The van der Waals surface area contributed by atoms with Crippen molar-refractivity contribution >= 4 is 17.6 Å². The zero-order valence-corrected chi connectivity index (χ0v) is 16.4. The molecule has 2 aromatic rings. The minimum atomic E-state index is -6.56. The van der Waals surface area contributed by atoms with Crippen molar-refractivity contribution in [1.29, 1.82) is 0 Å². The molecule has 180 valence electrons. The third kappa shape index (κ3) is 5.50. The molecule has 0 radical (unpaired) electrons. The van der Waals surface area contributed by atoms with Crippen LogP contribution in [0.2, 0.25) is 0 Å². The number of thioether (sulfide) groups is 1. The van der Waals surface area contributed by atoms with Gasteiger partial charge in [0.25, 0.3) is 0 Å². The summed E-state index contributed by atoms with van der Waals surface area (Å²) in [6, 6.07) is 2.39. The van der Waals surface area contributed by atoms with Gasteiger partial charge in [0.05, 0.1) is 5.75 Å². The Morgan fingerprint density at radius 2 is 1.59 bits per heavy atom. The molecule has 1 aromatic heterocycles. The van der Waals surface area contributed by atoms with Crippen molar-refractivity contribution in [2.75, 3.05) is 18.1 Å². The first-order chi connectivity index (χ1) is 14.4. The van der Waals surface area contributed by atoms with Crippen LogP contribution in [0, 0.1) is 12.7 Å². The van der Waals surface area contributed by atoms with E-state index in [1.165, 1.54) is 6.92 Å². The summed E-state index contributed by atoms with van der Waals surface area (Å²) in [6.45, 7) is -1.13. The molecule has 0 atom stereocenters. The molecule has 0 aliphatic rings. The molecular weight excluding hydrogens is 491 g/mol. The van der Waals surface area contributed by atoms with E-state index in [4.69, 9.17) is 5.73 Å². The number of halogens is 11. The molecule has 0 aliphatic carbocycles. The number of hydrogen-bond donors (Lipinski definition) is 1. The van der Waals surface area contributed by atoms with Gasteiger partial charge in [0.2, 0.25) is 5.88 Å². The lowest BCUT2D eigenvalue weighted by Crippen LogP contribution is -2.54. The summed E-state index contributed by atoms with van der Waals surface area (Å²) in [4.78, 5) is -0.0348. The summed E-state index contributed by atoms with van der Waals surface area (Å²) in [5.41, 5.74) is 5.10. The van der Waals surface area contributed by atoms with Gasteiger partial charge in [-0.15, -0.1) is 16.9 Å². The number of aryl methyl sites for hydroxylation is 1. The van der Waals surface area contributed by atoms with E-state index in [1.54, 1.807) is 0 Å². The summed E-state index contributed by atoms with van der Waals surface area (Å²) >= 11 is 0.309. The number of nitrogens with two attached hydrogens (primary N) is 1. The van der Waals surface area contributed by atoms with Gasteiger partial charge in [-0.3, -0.25) is 0 Å². The molecule has 0 spiro atoms. The lowest BCUT2D eigenvalue weighted by Gasteiger charge is -2.27. The molecule has 0 fully saturated rings. The smallest absolute Gasteiger partial charge is 0.460 e. The number of benzene rings is 1. The molecule has 16 heteroatoms. The van der Waals surface area contributed by atoms with E-state index in [2.05, 4.69) is 9.84 Å². The van der Waals surface area contributed by atoms with Crippen LogP contribution < -0.4 is 10.5 Å². The van der Waals surface area contributed by atoms with Gasteiger partial charge in [-0.2, -0.15) is 43.9 Å². The first-order valence-electron chi connectivity index (χ1n) is 8.16. The highest BCUT2D eigenvalue weighted by molar-refractivity contribution is 7.99. The van der Waals surface area contributed by atoms with Crippen molar-refractivity contribution in [2.24, 2.45) is 0 Å². The maximum Gasteiger partial charge on any atom is 0.460 e. The molecule has 0 bridgehead atoms. The zero-order chi connectivity index (χ0) is 24.7. The van der Waals surface area contributed by atoms with Crippen molar-refractivity contribution < 1.29 is 53.0 Å². The van der Waals surface area contributed by atoms with Gasteiger partial charge in [0.1, 0.15) is 17.3 Å². The fourth-order valence-electron chi connectivity index (χ4n) is 2.22. The summed E-state index contributed by atoms with van der Waals surface area (Å²) in [6.07, 6.45) is -11.1. The van der Waals surface area contributed by atoms with Crippen molar-refractivity contribution in [3.05, 3.63) is 29.6 Å². The standard InChI is InChI=1S/C16H12F11N3OS/c1-7-2-8(17)9(3-10(7)32-6-14(20,21)22)30-11(28)4-12(29-30)31-5-13(18,19)15(23,24)16(25,26)27/h2-4H,5-6,28H2,1H3. The Morgan fingerprint density at radius 1 is 1.00 bits per heavy atom. The topological polar surface area (TPSA) is 53.1 Å². The number of rotatable bonds is 7. The van der Waals surface area contributed by atoms with Crippen LogP contribution in [0.1, 0.15) is 5.56 Å². The molecule has 0 saturated heterocycles. The normalized spacial score (nSPS) is 13.5. The third-order valence-electron chi connectivity index (χ3n) is 3.80. The number of aromatic nitrogens is 2. The molecule has 0 unspecified atom stereocenters. The highest BCUT2D eigenvalue weighted by Crippen LogP contribution is 2.46. The summed E-state index contributed by atoms with van der Waals surface area (Å²) in [7, 11) is 0. The van der Waals surface area contributed by atoms with E-state index in [1.807, 2.05) is 0 Å². The van der Waals surface area contributed by atoms with E-state index in [9.17, 15) is 48.3 Å². The Labute approximate surface area is 176 Å². The number of nitrogens with zero attached hydrogens (tertiary/aromatic N) is 2. The first kappa shape index (κ1) is 25.9. The molecule has 0 amide bonds. The maximum atomic E-state index is 14.3. The van der Waals surface area contributed by atoms with Crippen molar-refractivity contribution in [2.45, 2.75) is 36.0 Å². The van der Waals surface area contributed by atoms with Crippen molar-refractivity contribution in [1.82, 2.24) is 9.78 Å². The minimum absolute atomic E-state index is 0.0348. The summed E-state index contributed by atoms with van der Waals surface area (Å²) < 4.78 is 145. The van der Waals surface area contributed by atoms with Crippen LogP contribution in [0.25, 0.3) is 5.69 Å². The lowest BCUT2D eigenvalue weighted by molar-refractivity contribution is -0.358. The molecule has 2 N–H and O–H groups in total. The molecule has 4 nitrogen and oxygen atoms in total. The van der Waals surface area contributed by atoms with E-state index in [-0.39, 0.29) is 10.5 Å². The second-order valence-corrected chi connectivity index (χ2v) is 7.37. The third-order valence-corrected chi connectivity index (χ3v) is 5.02. The Kier molecular flexibility index (Phi) is 6.88. The van der Waals surface area contributed by atoms with Crippen LogP contribution in [0.15, 0.2) is 23.1 Å². The molecule has 0 saturated carbocycles. The van der Waals surface area contributed by atoms with Crippen LogP contribution in [-0.4, -0.2) is 46.3 Å². The predicted molar refractivity (Wildman–Crippen MR) is 90.9 cm³/mol. The van der Waals surface area contributed by atoms with Gasteiger partial charge in [-0.05, 0) is 24.6 Å². The Hall–Kier alpha value is -2.39. The zero-order valence-electron chi connectivity index (χ0n) is 15.6. The Balaban J connectivity index is 2.29. The van der Waals surface area contributed by atoms with E-state index in [0.717, 1.165) is 12.1 Å². The maximum absolute atomic E-state index is 14.3. The van der Waals surface area contributed by atoms with Gasteiger partial charge in [0.15, 0.2) is 6.61 Å². The molecule has 1 aromatic carbocycles. The SMILES string of the molecule is Cc1cc(F)c(-n2nc(OCC(F)(F)C(F)(F)C(F)(F)F)cc2N)cc1SCC(F)(F)F. The van der Waals surface area contributed by atoms with Gasteiger partial charge in [-0.1, -0.05) is 0 Å². The number of hydrogen-bond acceptors (Lipinski definition) is 4. The summed E-state index contributed by atoms with van der Waals surface area (Å²) in [5.74, 6) is -15.9. The number of alkyl halides is 10. The number of anilines is 1. The number of ether oxygens (including phenoxy) is 1. The second-order valence-electron chi connectivity index (χ2n) is 6.36. The van der Waals surface area contributed by atoms with Crippen LogP contribution in [-0.2, 0) is 0 Å². The van der Waals surface area contributed by atoms with Gasteiger partial charge >= 0.3 is 24.2 Å². The van der Waals surface area contributed by atoms with Crippen molar-refractivity contribution in [3.8, 4) is 11.6 Å². The number of nitrogen functional groups attached to an aromatic ring is 1. The van der Waals surface area contributed by atoms with Gasteiger partial charge < -0.3 is 10.5 Å². The molecular formula is C16H12F11N3OS. The average molecular weight is 503 g/mol. The highest BCUT2D eigenvalue weighted by atomic mass is 32.2. The molecule has 1 heterocycles.